The first-order chi connectivity index (χ1) is 15.0. The quantitative estimate of drug-likeness (QED) is 0.372. The van der Waals surface area contributed by atoms with Crippen LogP contribution in [-0.2, 0) is 23.5 Å². The van der Waals surface area contributed by atoms with Gasteiger partial charge in [-0.15, -0.1) is 23.4 Å². The van der Waals surface area contributed by atoms with E-state index in [0.717, 1.165) is 22.0 Å². The molecule has 0 unspecified atom stereocenters. The molecule has 160 valence electrons. The number of benzene rings is 2. The van der Waals surface area contributed by atoms with E-state index in [0.29, 0.717) is 23.5 Å². The third-order valence-electron chi connectivity index (χ3n) is 4.44. The number of amides is 2. The highest BCUT2D eigenvalue weighted by molar-refractivity contribution is 7.98. The Kier molecular flexibility index (Phi) is 7.45. The summed E-state index contributed by atoms with van der Waals surface area (Å²) in [6, 6.07) is 14.1. The molecule has 31 heavy (non-hydrogen) atoms. The molecule has 0 aliphatic heterocycles. The summed E-state index contributed by atoms with van der Waals surface area (Å²) in [5, 5.41) is 11.3. The minimum absolute atomic E-state index is 0.108. The van der Waals surface area contributed by atoms with Crippen LogP contribution in [0.5, 0.6) is 5.75 Å². The number of primary amides is 1. The van der Waals surface area contributed by atoms with Crippen molar-refractivity contribution in [3.8, 4) is 5.75 Å². The molecule has 2 aromatic carbocycles. The van der Waals surface area contributed by atoms with Gasteiger partial charge in [-0.05, 0) is 48.5 Å². The number of carbonyl (C=O) groups is 2. The van der Waals surface area contributed by atoms with Crippen LogP contribution in [0.4, 0.5) is 5.69 Å². The zero-order valence-corrected chi connectivity index (χ0v) is 17.9. The van der Waals surface area contributed by atoms with Crippen LogP contribution in [0, 0.1) is 0 Å². The van der Waals surface area contributed by atoms with Crippen LogP contribution < -0.4 is 15.8 Å². The average Bonchev–Trinajstić information content (AvgIpc) is 3.14. The first-order valence-electron chi connectivity index (χ1n) is 9.49. The number of hydrogen-bond acceptors (Lipinski definition) is 6. The third kappa shape index (κ3) is 5.95. The Morgan fingerprint density at radius 1 is 1.19 bits per heavy atom. The predicted molar refractivity (Wildman–Crippen MR) is 120 cm³/mol. The largest absolute Gasteiger partial charge is 0.497 e. The van der Waals surface area contributed by atoms with Gasteiger partial charge in [-0.25, -0.2) is 4.68 Å². The predicted octanol–water partition coefficient (Wildman–Crippen LogP) is 3.05. The standard InChI is InChI=1S/C22H23N5O3S/c1-3-12-27-20(13-21(28)24-16-6-4-15(5-7-16)22(23)29)19(25-26-27)14-31-18-10-8-17(30-2)9-11-18/h3-11H,1,12-14H2,2H3,(H2,23,29)(H,24,28). The molecular weight excluding hydrogens is 414 g/mol. The Labute approximate surface area is 184 Å². The van der Waals surface area contributed by atoms with E-state index in [-0.39, 0.29) is 12.3 Å². The molecule has 0 spiro atoms. The van der Waals surface area contributed by atoms with Crippen molar-refractivity contribution in [3.63, 3.8) is 0 Å². The number of hydrogen-bond donors (Lipinski definition) is 2. The lowest BCUT2D eigenvalue weighted by molar-refractivity contribution is -0.115. The lowest BCUT2D eigenvalue weighted by Gasteiger charge is -2.09. The fourth-order valence-electron chi connectivity index (χ4n) is 2.84. The first kappa shape index (κ1) is 22.1. The summed E-state index contributed by atoms with van der Waals surface area (Å²) in [5.41, 5.74) is 7.66. The van der Waals surface area contributed by atoms with Gasteiger partial charge in [0.05, 0.1) is 31.5 Å². The topological polar surface area (TPSA) is 112 Å². The Morgan fingerprint density at radius 2 is 1.90 bits per heavy atom. The number of allylic oxidation sites excluding steroid dienone is 1. The van der Waals surface area contributed by atoms with Crippen molar-refractivity contribution in [2.45, 2.75) is 23.6 Å². The van der Waals surface area contributed by atoms with Crippen molar-refractivity contribution >= 4 is 29.3 Å². The summed E-state index contributed by atoms with van der Waals surface area (Å²) in [4.78, 5) is 24.9. The van der Waals surface area contributed by atoms with E-state index >= 15 is 0 Å². The van der Waals surface area contributed by atoms with Crippen molar-refractivity contribution in [1.29, 1.82) is 0 Å². The Hall–Kier alpha value is -3.59. The second kappa shape index (κ2) is 10.4. The second-order valence-corrected chi connectivity index (χ2v) is 7.63. The zero-order chi connectivity index (χ0) is 22.2. The SMILES string of the molecule is C=CCn1nnc(CSc2ccc(OC)cc2)c1CC(=O)Nc1ccc(C(N)=O)cc1. The monoisotopic (exact) mass is 437 g/mol. The van der Waals surface area contributed by atoms with Gasteiger partial charge < -0.3 is 15.8 Å². The van der Waals surface area contributed by atoms with E-state index in [1.54, 1.807) is 53.9 Å². The van der Waals surface area contributed by atoms with E-state index in [1.807, 2.05) is 24.3 Å². The Morgan fingerprint density at radius 3 is 2.52 bits per heavy atom. The van der Waals surface area contributed by atoms with Crippen molar-refractivity contribution in [2.24, 2.45) is 5.73 Å². The number of nitrogens with two attached hydrogens (primary N) is 1. The molecule has 2 amide bonds. The van der Waals surface area contributed by atoms with Gasteiger partial charge in [0.2, 0.25) is 11.8 Å². The van der Waals surface area contributed by atoms with Crippen LogP contribution in [0.25, 0.3) is 0 Å². The molecule has 1 heterocycles. The third-order valence-corrected chi connectivity index (χ3v) is 5.46. The van der Waals surface area contributed by atoms with Crippen molar-refractivity contribution in [2.75, 3.05) is 12.4 Å². The maximum absolute atomic E-state index is 12.6. The molecule has 3 rings (SSSR count). The van der Waals surface area contributed by atoms with Gasteiger partial charge in [0.15, 0.2) is 0 Å². The highest BCUT2D eigenvalue weighted by Crippen LogP contribution is 2.25. The van der Waals surface area contributed by atoms with E-state index in [1.165, 1.54) is 0 Å². The van der Waals surface area contributed by atoms with Gasteiger partial charge in [-0.2, -0.15) is 0 Å². The number of nitrogens with zero attached hydrogens (tertiary/aromatic N) is 3. The number of ether oxygens (including phenoxy) is 1. The summed E-state index contributed by atoms with van der Waals surface area (Å²) >= 11 is 1.60. The molecule has 9 heteroatoms. The molecule has 0 aliphatic carbocycles. The molecule has 0 fully saturated rings. The number of thioether (sulfide) groups is 1. The Bertz CT molecular complexity index is 1060. The summed E-state index contributed by atoms with van der Waals surface area (Å²) in [5.74, 6) is 0.633. The van der Waals surface area contributed by atoms with Gasteiger partial charge in [0, 0.05) is 21.9 Å². The van der Waals surface area contributed by atoms with E-state index in [4.69, 9.17) is 10.5 Å². The van der Waals surface area contributed by atoms with Crippen LogP contribution in [0.3, 0.4) is 0 Å². The van der Waals surface area contributed by atoms with E-state index < -0.39 is 5.91 Å². The van der Waals surface area contributed by atoms with Crippen LogP contribution in [0.2, 0.25) is 0 Å². The van der Waals surface area contributed by atoms with Crippen LogP contribution in [0.15, 0.2) is 66.1 Å². The summed E-state index contributed by atoms with van der Waals surface area (Å²) in [6.07, 6.45) is 1.82. The van der Waals surface area contributed by atoms with E-state index in [9.17, 15) is 9.59 Å². The maximum atomic E-state index is 12.6. The summed E-state index contributed by atoms with van der Waals surface area (Å²) in [7, 11) is 1.63. The highest BCUT2D eigenvalue weighted by atomic mass is 32.2. The summed E-state index contributed by atoms with van der Waals surface area (Å²) in [6.45, 7) is 4.20. The van der Waals surface area contributed by atoms with Crippen molar-refractivity contribution in [3.05, 3.63) is 78.1 Å². The smallest absolute Gasteiger partial charge is 0.248 e. The zero-order valence-electron chi connectivity index (χ0n) is 17.1. The lowest BCUT2D eigenvalue weighted by atomic mass is 10.2. The Balaban J connectivity index is 1.69. The normalized spacial score (nSPS) is 10.5. The lowest BCUT2D eigenvalue weighted by Crippen LogP contribution is -2.18. The molecule has 0 radical (unpaired) electrons. The molecule has 0 atom stereocenters. The molecule has 3 aromatic rings. The van der Waals surface area contributed by atoms with Gasteiger partial charge in [0.1, 0.15) is 5.75 Å². The number of carbonyl (C=O) groups excluding carboxylic acids is 2. The number of anilines is 1. The van der Waals surface area contributed by atoms with Crippen molar-refractivity contribution < 1.29 is 14.3 Å². The number of aromatic nitrogens is 3. The molecule has 0 saturated heterocycles. The molecule has 0 saturated carbocycles. The van der Waals surface area contributed by atoms with Gasteiger partial charge in [0.25, 0.3) is 0 Å². The number of nitrogens with one attached hydrogen (secondary N) is 1. The minimum Gasteiger partial charge on any atom is -0.497 e. The molecule has 3 N–H and O–H groups in total. The molecule has 1 aromatic heterocycles. The first-order valence-corrected chi connectivity index (χ1v) is 10.5. The van der Waals surface area contributed by atoms with E-state index in [2.05, 4.69) is 22.2 Å². The second-order valence-electron chi connectivity index (χ2n) is 6.58. The van der Waals surface area contributed by atoms with Crippen LogP contribution in [-0.4, -0.2) is 33.9 Å². The molecule has 8 nitrogen and oxygen atoms in total. The molecule has 0 aliphatic rings. The highest BCUT2D eigenvalue weighted by Gasteiger charge is 2.17. The van der Waals surface area contributed by atoms with Gasteiger partial charge in [-0.1, -0.05) is 11.3 Å². The fraction of sp³-hybridized carbons (Fsp3) is 0.182. The van der Waals surface area contributed by atoms with Gasteiger partial charge in [-0.3, -0.25) is 9.59 Å². The number of methoxy groups -OCH3 is 1. The fourth-order valence-corrected chi connectivity index (χ4v) is 3.70. The maximum Gasteiger partial charge on any atom is 0.248 e. The van der Waals surface area contributed by atoms with Crippen LogP contribution in [0.1, 0.15) is 21.7 Å². The molecule has 0 bridgehead atoms. The van der Waals surface area contributed by atoms with Crippen molar-refractivity contribution in [1.82, 2.24) is 15.0 Å². The summed E-state index contributed by atoms with van der Waals surface area (Å²) < 4.78 is 6.85. The minimum atomic E-state index is -0.517. The average molecular weight is 438 g/mol. The van der Waals surface area contributed by atoms with Gasteiger partial charge >= 0.3 is 0 Å². The molecular formula is C22H23N5O3S. The van der Waals surface area contributed by atoms with Crippen LogP contribution >= 0.6 is 11.8 Å². The number of rotatable bonds is 10.